The van der Waals surface area contributed by atoms with Crippen molar-refractivity contribution in [2.24, 2.45) is 5.92 Å². The fourth-order valence-corrected chi connectivity index (χ4v) is 8.94. The number of hydrogen-bond donors (Lipinski definition) is 1. The Bertz CT molecular complexity index is 1750. The SMILES string of the molecule is C=CC(=O)N1CCCCC[C@@H]1c1ccc(N2C[C@H](CS(C)(=O)=O)[C@H]2C)c2cnc(Nc3ccnc(N4CC[C@@H]5C[C@H]4CO5)n3)cc12. The molecule has 0 spiro atoms. The standard InChI is InChI=1S/C34H43N7O4S/c1-4-33(42)40-14-7-5-6-8-29(40)26-9-10-30(41-19-23(22(41)2)21-46(3,43)44)28-18-36-32(17-27(26)28)37-31-11-13-35-34(38-31)39-15-12-25-16-24(39)20-45-25/h4,9-11,13,17-18,22-25,29H,1,5-8,12,14-16,19-21H2,2-3H3,(H,35,36,37,38)/t22-,23-,24+,25-,29-/m1/s1. The molecule has 4 aliphatic heterocycles. The Labute approximate surface area is 271 Å². The summed E-state index contributed by atoms with van der Waals surface area (Å²) >= 11 is 0. The number of carbonyl (C=O) groups excluding carboxylic acids is 1. The van der Waals surface area contributed by atoms with Crippen LogP contribution in [-0.4, -0.2) is 90.6 Å². The number of benzene rings is 1. The van der Waals surface area contributed by atoms with Crippen LogP contribution in [0.25, 0.3) is 10.8 Å². The topological polar surface area (TPSA) is 121 Å². The largest absolute Gasteiger partial charge is 0.376 e. The normalized spacial score (nSPS) is 26.5. The van der Waals surface area contributed by atoms with Crippen LogP contribution in [0.4, 0.5) is 23.3 Å². The van der Waals surface area contributed by atoms with Gasteiger partial charge in [0.25, 0.3) is 0 Å². The summed E-state index contributed by atoms with van der Waals surface area (Å²) in [5.41, 5.74) is 2.10. The molecule has 2 aromatic heterocycles. The molecule has 3 aromatic rings. The lowest BCUT2D eigenvalue weighted by Crippen LogP contribution is -2.57. The van der Waals surface area contributed by atoms with Gasteiger partial charge < -0.3 is 24.8 Å². The lowest BCUT2D eigenvalue weighted by atomic mass is 9.88. The third kappa shape index (κ3) is 6.04. The van der Waals surface area contributed by atoms with E-state index in [1.807, 2.05) is 17.2 Å². The van der Waals surface area contributed by atoms with Crippen molar-refractivity contribution in [1.29, 1.82) is 0 Å². The van der Waals surface area contributed by atoms with E-state index in [2.05, 4.69) is 51.8 Å². The predicted molar refractivity (Wildman–Crippen MR) is 180 cm³/mol. The quantitative estimate of drug-likeness (QED) is 0.347. The van der Waals surface area contributed by atoms with Crippen LogP contribution in [0, 0.1) is 5.92 Å². The first-order valence-corrected chi connectivity index (χ1v) is 18.5. The number of likely N-dealkylation sites (tertiary alicyclic amines) is 1. The van der Waals surface area contributed by atoms with Gasteiger partial charge in [0.1, 0.15) is 21.5 Å². The number of amides is 1. The summed E-state index contributed by atoms with van der Waals surface area (Å²) in [6.45, 7) is 8.82. The van der Waals surface area contributed by atoms with E-state index in [1.54, 1.807) is 6.20 Å². The first-order valence-electron chi connectivity index (χ1n) is 16.5. The highest BCUT2D eigenvalue weighted by atomic mass is 32.2. The molecule has 0 aliphatic carbocycles. The zero-order chi connectivity index (χ0) is 32.0. The molecule has 2 bridgehead atoms. The minimum Gasteiger partial charge on any atom is -0.376 e. The molecule has 7 rings (SSSR count). The maximum atomic E-state index is 13.1. The second-order valence-corrected chi connectivity index (χ2v) is 15.5. The molecule has 11 nitrogen and oxygen atoms in total. The average Bonchev–Trinajstić information content (AvgIpc) is 3.24. The van der Waals surface area contributed by atoms with Crippen molar-refractivity contribution in [3.63, 3.8) is 0 Å². The molecule has 1 amide bonds. The zero-order valence-corrected chi connectivity index (χ0v) is 27.5. The number of aromatic nitrogens is 3. The molecule has 4 aliphatic rings. The van der Waals surface area contributed by atoms with Crippen molar-refractivity contribution in [3.05, 3.63) is 54.9 Å². The Kier molecular flexibility index (Phi) is 8.35. The van der Waals surface area contributed by atoms with Crippen LogP contribution in [0.3, 0.4) is 0 Å². The number of rotatable bonds is 8. The molecule has 6 heterocycles. The summed E-state index contributed by atoms with van der Waals surface area (Å²) in [7, 11) is -3.07. The number of anilines is 4. The van der Waals surface area contributed by atoms with Gasteiger partial charge in [-0.25, -0.2) is 18.4 Å². The molecule has 4 saturated heterocycles. The lowest BCUT2D eigenvalue weighted by molar-refractivity contribution is -0.128. The highest BCUT2D eigenvalue weighted by Crippen LogP contribution is 2.42. The van der Waals surface area contributed by atoms with Gasteiger partial charge in [-0.1, -0.05) is 25.5 Å². The van der Waals surface area contributed by atoms with Gasteiger partial charge in [-0.3, -0.25) is 4.79 Å². The second-order valence-electron chi connectivity index (χ2n) is 13.3. The maximum Gasteiger partial charge on any atom is 0.246 e. The number of pyridine rings is 1. The summed E-state index contributed by atoms with van der Waals surface area (Å²) in [6.07, 6.45) is 12.7. The summed E-state index contributed by atoms with van der Waals surface area (Å²) in [5, 5.41) is 5.43. The van der Waals surface area contributed by atoms with Crippen LogP contribution in [0.15, 0.2) is 49.3 Å². The van der Waals surface area contributed by atoms with Gasteiger partial charge in [-0.2, -0.15) is 4.98 Å². The van der Waals surface area contributed by atoms with Gasteiger partial charge in [0.2, 0.25) is 11.9 Å². The molecular weight excluding hydrogens is 602 g/mol. The summed E-state index contributed by atoms with van der Waals surface area (Å²) < 4.78 is 30.0. The van der Waals surface area contributed by atoms with Gasteiger partial charge >= 0.3 is 0 Å². The summed E-state index contributed by atoms with van der Waals surface area (Å²) in [4.78, 5) is 33.8. The number of carbonyl (C=O) groups is 1. The van der Waals surface area contributed by atoms with E-state index in [9.17, 15) is 13.2 Å². The van der Waals surface area contributed by atoms with E-state index in [4.69, 9.17) is 14.7 Å². The van der Waals surface area contributed by atoms with E-state index in [0.29, 0.717) is 49.4 Å². The number of sulfone groups is 1. The van der Waals surface area contributed by atoms with Crippen LogP contribution in [-0.2, 0) is 19.4 Å². The first kappa shape index (κ1) is 30.9. The van der Waals surface area contributed by atoms with Crippen molar-refractivity contribution in [3.8, 4) is 0 Å². The second kappa shape index (κ2) is 12.4. The Hall–Kier alpha value is -3.77. The molecular formula is C34H43N7O4S. The van der Waals surface area contributed by atoms with Gasteiger partial charge in [-0.15, -0.1) is 0 Å². The van der Waals surface area contributed by atoms with Crippen molar-refractivity contribution in [2.75, 3.05) is 53.4 Å². The summed E-state index contributed by atoms with van der Waals surface area (Å²) in [5.74, 6) is 2.21. The van der Waals surface area contributed by atoms with Gasteiger partial charge in [0.05, 0.1) is 30.5 Å². The highest BCUT2D eigenvalue weighted by Gasteiger charge is 2.39. The third-order valence-corrected chi connectivity index (χ3v) is 11.3. The Morgan fingerprint density at radius 3 is 2.76 bits per heavy atom. The Morgan fingerprint density at radius 2 is 1.96 bits per heavy atom. The molecule has 244 valence electrons. The zero-order valence-electron chi connectivity index (χ0n) is 26.6. The molecule has 46 heavy (non-hydrogen) atoms. The van der Waals surface area contributed by atoms with E-state index in [1.165, 1.54) is 12.3 Å². The van der Waals surface area contributed by atoms with E-state index >= 15 is 0 Å². The van der Waals surface area contributed by atoms with Crippen molar-refractivity contribution in [1.82, 2.24) is 19.9 Å². The molecule has 0 unspecified atom stereocenters. The van der Waals surface area contributed by atoms with Gasteiger partial charge in [-0.05, 0) is 67.8 Å². The molecule has 1 N–H and O–H groups in total. The molecule has 0 radical (unpaired) electrons. The number of piperidine rings is 1. The lowest BCUT2D eigenvalue weighted by Gasteiger charge is -2.48. The van der Waals surface area contributed by atoms with E-state index < -0.39 is 9.84 Å². The van der Waals surface area contributed by atoms with E-state index in [0.717, 1.165) is 67.1 Å². The number of nitrogens with zero attached hydrogens (tertiary/aromatic N) is 6. The minimum atomic E-state index is -3.07. The Morgan fingerprint density at radius 1 is 1.09 bits per heavy atom. The van der Waals surface area contributed by atoms with E-state index in [-0.39, 0.29) is 29.7 Å². The molecule has 12 heteroatoms. The third-order valence-electron chi connectivity index (χ3n) is 10.3. The van der Waals surface area contributed by atoms with Gasteiger partial charge in [0, 0.05) is 61.3 Å². The van der Waals surface area contributed by atoms with Crippen LogP contribution in [0.1, 0.15) is 57.1 Å². The Balaban J connectivity index is 1.25. The average molecular weight is 646 g/mol. The number of hydrogen-bond acceptors (Lipinski definition) is 10. The molecule has 5 atom stereocenters. The monoisotopic (exact) mass is 645 g/mol. The van der Waals surface area contributed by atoms with Gasteiger partial charge in [0.15, 0.2) is 0 Å². The number of nitrogens with one attached hydrogen (secondary N) is 1. The van der Waals surface area contributed by atoms with Crippen LogP contribution < -0.4 is 15.1 Å². The molecule has 4 fully saturated rings. The molecule has 0 saturated carbocycles. The predicted octanol–water partition coefficient (Wildman–Crippen LogP) is 4.64. The van der Waals surface area contributed by atoms with Crippen molar-refractivity contribution >= 4 is 49.8 Å². The smallest absolute Gasteiger partial charge is 0.246 e. The fraction of sp³-hybridized carbons (Fsp3) is 0.529. The molecule has 1 aromatic carbocycles. The van der Waals surface area contributed by atoms with Crippen LogP contribution >= 0.6 is 0 Å². The van der Waals surface area contributed by atoms with Crippen LogP contribution in [0.2, 0.25) is 0 Å². The van der Waals surface area contributed by atoms with Crippen molar-refractivity contribution < 1.29 is 17.9 Å². The summed E-state index contributed by atoms with van der Waals surface area (Å²) in [6, 6.07) is 8.47. The number of ether oxygens (including phenoxy) is 1. The minimum absolute atomic E-state index is 0.0540. The maximum absolute atomic E-state index is 13.1. The highest BCUT2D eigenvalue weighted by molar-refractivity contribution is 7.90. The number of fused-ring (bicyclic) bond motifs is 3. The van der Waals surface area contributed by atoms with Crippen molar-refractivity contribution in [2.45, 2.75) is 69.7 Å². The fourth-order valence-electron chi connectivity index (χ4n) is 7.78. The first-order chi connectivity index (χ1) is 22.2. The van der Waals surface area contributed by atoms with Crippen LogP contribution in [0.5, 0.6) is 0 Å².